The lowest BCUT2D eigenvalue weighted by molar-refractivity contribution is -0.150. The largest absolute Gasteiger partial charge is 0.459 e. The van der Waals surface area contributed by atoms with Gasteiger partial charge in [-0.3, -0.25) is 9.36 Å². The van der Waals surface area contributed by atoms with Crippen molar-refractivity contribution in [2.75, 3.05) is 13.2 Å². The Labute approximate surface area is 259 Å². The number of amides is 2. The quantitative estimate of drug-likeness (QED) is 0.101. The van der Waals surface area contributed by atoms with E-state index >= 15 is 0 Å². The molecule has 2 amide bonds. The fourth-order valence-corrected chi connectivity index (χ4v) is 4.26. The second kappa shape index (κ2) is 19.5. The lowest BCUT2D eigenvalue weighted by Crippen LogP contribution is -2.47. The highest BCUT2D eigenvalue weighted by molar-refractivity contribution is 7.33. The molecule has 242 valence electrons. The van der Waals surface area contributed by atoms with Gasteiger partial charge in [-0.25, -0.2) is 14.4 Å². The van der Waals surface area contributed by atoms with Crippen LogP contribution >= 0.6 is 8.25 Å². The summed E-state index contributed by atoms with van der Waals surface area (Å²) in [7, 11) is -2.92. The van der Waals surface area contributed by atoms with Crippen LogP contribution in [-0.2, 0) is 55.4 Å². The third-order valence-electron chi connectivity index (χ3n) is 5.79. The van der Waals surface area contributed by atoms with E-state index in [2.05, 4.69) is 10.6 Å². The third-order valence-corrected chi connectivity index (χ3v) is 6.63. The Bertz CT molecular complexity index is 1200. The summed E-state index contributed by atoms with van der Waals surface area (Å²) in [6.45, 7) is 6.65. The summed E-state index contributed by atoms with van der Waals surface area (Å²) in [6.07, 6.45) is 0.214. The van der Waals surface area contributed by atoms with Crippen LogP contribution in [0, 0.1) is 0 Å². The normalized spacial score (nSPS) is 13.2. The van der Waals surface area contributed by atoms with Crippen molar-refractivity contribution in [3.05, 3.63) is 71.8 Å². The first-order valence-electron chi connectivity index (χ1n) is 14.5. The Balaban J connectivity index is 2.04. The Morgan fingerprint density at radius 3 is 1.86 bits per heavy atom. The highest BCUT2D eigenvalue weighted by Gasteiger charge is 2.28. The van der Waals surface area contributed by atoms with Crippen LogP contribution in [-0.4, -0.2) is 54.8 Å². The molecule has 0 saturated heterocycles. The van der Waals surface area contributed by atoms with Gasteiger partial charge in [0.05, 0.1) is 13.2 Å². The predicted molar refractivity (Wildman–Crippen MR) is 163 cm³/mol. The lowest BCUT2D eigenvalue weighted by atomic mass is 10.1. The number of benzene rings is 2. The van der Waals surface area contributed by atoms with Crippen LogP contribution in [0.4, 0.5) is 4.79 Å². The molecule has 0 bridgehead atoms. The fraction of sp³-hybridized carbons (Fsp3) is 0.484. The summed E-state index contributed by atoms with van der Waals surface area (Å²) in [4.78, 5) is 51.1. The monoisotopic (exact) mass is 634 g/mol. The molecule has 2 N–H and O–H groups in total. The molecule has 0 aromatic heterocycles. The molecule has 0 heterocycles. The SMILES string of the molecule is CCCCO[PH](=O)OC[C@H](NC(=O)CC[C@H](NC(=O)OC(C)(C)C)C(=O)OCc1ccccc1)C(=O)OCc1ccccc1. The standard InChI is InChI=1S/C31H43N2O10P/c1-5-6-19-41-44(38)42-22-26(29(36)40-21-24-15-11-8-12-16-24)32-27(34)18-17-25(33-30(37)43-31(2,3)4)28(35)39-20-23-13-9-7-10-14-23/h7-16,25-26,44H,5-6,17-22H2,1-4H3,(H,32,34)(H,33,37)/t25-,26-/m0/s1. The summed E-state index contributed by atoms with van der Waals surface area (Å²) in [6, 6.07) is 15.4. The van der Waals surface area contributed by atoms with Crippen LogP contribution < -0.4 is 10.6 Å². The number of unbranched alkanes of at least 4 members (excludes halogenated alkanes) is 1. The first-order valence-corrected chi connectivity index (χ1v) is 15.7. The lowest BCUT2D eigenvalue weighted by Gasteiger charge is -2.23. The molecule has 13 heteroatoms. The van der Waals surface area contributed by atoms with Gasteiger partial charge in [-0.05, 0) is 44.7 Å². The van der Waals surface area contributed by atoms with Crippen molar-refractivity contribution in [3.8, 4) is 0 Å². The Kier molecular flexibility index (Phi) is 16.2. The summed E-state index contributed by atoms with van der Waals surface area (Å²) < 4.78 is 38.5. The number of hydrogen-bond acceptors (Lipinski definition) is 10. The smallest absolute Gasteiger partial charge is 0.408 e. The summed E-state index contributed by atoms with van der Waals surface area (Å²) in [5.41, 5.74) is 0.646. The maximum Gasteiger partial charge on any atom is 0.408 e. The van der Waals surface area contributed by atoms with Gasteiger partial charge in [0.25, 0.3) is 0 Å². The third kappa shape index (κ3) is 15.7. The first kappa shape index (κ1) is 36.5. The zero-order chi connectivity index (χ0) is 32.4. The topological polar surface area (TPSA) is 156 Å². The van der Waals surface area contributed by atoms with E-state index in [1.54, 1.807) is 69.3 Å². The molecule has 0 aliphatic heterocycles. The van der Waals surface area contributed by atoms with Crippen LogP contribution in [0.5, 0.6) is 0 Å². The highest BCUT2D eigenvalue weighted by atomic mass is 31.1. The van der Waals surface area contributed by atoms with Gasteiger partial charge in [-0.1, -0.05) is 74.0 Å². The minimum Gasteiger partial charge on any atom is -0.459 e. The molecule has 0 aliphatic carbocycles. The number of hydrogen-bond donors (Lipinski definition) is 2. The molecule has 44 heavy (non-hydrogen) atoms. The van der Waals surface area contributed by atoms with Gasteiger partial charge in [0, 0.05) is 6.42 Å². The number of ether oxygens (including phenoxy) is 3. The molecule has 1 unspecified atom stereocenters. The molecular weight excluding hydrogens is 591 g/mol. The minimum atomic E-state index is -2.92. The Hall–Kier alpha value is -3.73. The first-order chi connectivity index (χ1) is 21.0. The summed E-state index contributed by atoms with van der Waals surface area (Å²) >= 11 is 0. The van der Waals surface area contributed by atoms with E-state index in [0.29, 0.717) is 6.42 Å². The second-order valence-corrected chi connectivity index (χ2v) is 11.9. The van der Waals surface area contributed by atoms with Crippen LogP contribution in [0.3, 0.4) is 0 Å². The molecule has 3 atom stereocenters. The molecule has 2 rings (SSSR count). The molecule has 12 nitrogen and oxygen atoms in total. The number of esters is 2. The van der Waals surface area contributed by atoms with Crippen LogP contribution in [0.1, 0.15) is 64.5 Å². The maximum absolute atomic E-state index is 12.9. The van der Waals surface area contributed by atoms with E-state index in [1.807, 2.05) is 19.1 Å². The predicted octanol–water partition coefficient (Wildman–Crippen LogP) is 4.85. The molecule has 0 fully saturated rings. The zero-order valence-corrected chi connectivity index (χ0v) is 26.7. The Morgan fingerprint density at radius 2 is 1.34 bits per heavy atom. The van der Waals surface area contributed by atoms with E-state index in [1.165, 1.54) is 0 Å². The van der Waals surface area contributed by atoms with Gasteiger partial charge in [-0.15, -0.1) is 0 Å². The van der Waals surface area contributed by atoms with E-state index in [9.17, 15) is 23.7 Å². The van der Waals surface area contributed by atoms with Gasteiger partial charge in [0.15, 0.2) is 6.04 Å². The van der Waals surface area contributed by atoms with E-state index < -0.39 is 56.5 Å². The van der Waals surface area contributed by atoms with Crippen LogP contribution in [0.25, 0.3) is 0 Å². The Morgan fingerprint density at radius 1 is 0.795 bits per heavy atom. The van der Waals surface area contributed by atoms with Gasteiger partial charge in [-0.2, -0.15) is 0 Å². The number of carbonyl (C=O) groups excluding carboxylic acids is 4. The van der Waals surface area contributed by atoms with Gasteiger partial charge in [0.2, 0.25) is 5.91 Å². The average molecular weight is 635 g/mol. The fourth-order valence-electron chi connectivity index (χ4n) is 3.56. The number of nitrogens with one attached hydrogen (secondary N) is 2. The van der Waals surface area contributed by atoms with Crippen molar-refractivity contribution in [2.45, 2.75) is 84.3 Å². The van der Waals surface area contributed by atoms with Crippen molar-refractivity contribution in [1.82, 2.24) is 10.6 Å². The number of alkyl carbamates (subject to hydrolysis) is 1. The van der Waals surface area contributed by atoms with Gasteiger partial charge >= 0.3 is 26.3 Å². The highest BCUT2D eigenvalue weighted by Crippen LogP contribution is 2.24. The van der Waals surface area contributed by atoms with Crippen LogP contribution in [0.15, 0.2) is 60.7 Å². The molecule has 0 aliphatic rings. The number of rotatable bonds is 18. The van der Waals surface area contributed by atoms with E-state index in [4.69, 9.17) is 23.3 Å². The average Bonchev–Trinajstić information content (AvgIpc) is 2.99. The van der Waals surface area contributed by atoms with E-state index in [0.717, 1.165) is 17.5 Å². The van der Waals surface area contributed by atoms with Crippen molar-refractivity contribution >= 4 is 32.2 Å². The maximum atomic E-state index is 12.9. The van der Waals surface area contributed by atoms with Gasteiger partial charge in [0.1, 0.15) is 24.9 Å². The number of carbonyl (C=O) groups is 4. The summed E-state index contributed by atoms with van der Waals surface area (Å²) in [5, 5.41) is 4.96. The molecule has 0 spiro atoms. The van der Waals surface area contributed by atoms with Crippen molar-refractivity contribution in [3.63, 3.8) is 0 Å². The van der Waals surface area contributed by atoms with Crippen LogP contribution in [0.2, 0.25) is 0 Å². The summed E-state index contributed by atoms with van der Waals surface area (Å²) in [5.74, 6) is -2.22. The molecule has 0 saturated carbocycles. The molecule has 2 aromatic rings. The second-order valence-electron chi connectivity index (χ2n) is 10.8. The molecule has 2 aromatic carbocycles. The minimum absolute atomic E-state index is 0.0371. The van der Waals surface area contributed by atoms with E-state index in [-0.39, 0.29) is 32.7 Å². The molecular formula is C31H43N2O10P. The van der Waals surface area contributed by atoms with Crippen molar-refractivity contribution in [1.29, 1.82) is 0 Å². The van der Waals surface area contributed by atoms with Crippen molar-refractivity contribution < 1.29 is 47.0 Å². The zero-order valence-electron chi connectivity index (χ0n) is 25.7. The van der Waals surface area contributed by atoms with Gasteiger partial charge < -0.3 is 33.9 Å². The molecule has 0 radical (unpaired) electrons. The van der Waals surface area contributed by atoms with Crippen molar-refractivity contribution in [2.24, 2.45) is 0 Å².